The van der Waals surface area contributed by atoms with Gasteiger partial charge in [0.25, 0.3) is 0 Å². The zero-order valence-corrected chi connectivity index (χ0v) is 30.4. The number of carbonyl (C=O) groups is 1. The number of fused-ring (bicyclic) bond motifs is 5. The summed E-state index contributed by atoms with van der Waals surface area (Å²) in [5.41, 5.74) is 0.0157. The Hall–Kier alpha value is -1.07. The van der Waals surface area contributed by atoms with E-state index in [2.05, 4.69) is 54.5 Å². The van der Waals surface area contributed by atoms with Crippen LogP contribution in [0.5, 0.6) is 0 Å². The highest BCUT2D eigenvalue weighted by molar-refractivity contribution is 5.65. The van der Waals surface area contributed by atoms with E-state index in [1.54, 1.807) is 0 Å². The molecule has 1 heterocycles. The lowest BCUT2D eigenvalue weighted by atomic mass is 9.35. The van der Waals surface area contributed by atoms with Crippen molar-refractivity contribution in [2.24, 2.45) is 45.3 Å². The van der Waals surface area contributed by atoms with Gasteiger partial charge in [0.1, 0.15) is 31.0 Å². The second kappa shape index (κ2) is 12.9. The fourth-order valence-corrected chi connectivity index (χ4v) is 12.0. The maximum absolute atomic E-state index is 12.1. The van der Waals surface area contributed by atoms with Gasteiger partial charge in [0.15, 0.2) is 6.29 Å². The van der Waals surface area contributed by atoms with E-state index in [1.165, 1.54) is 12.5 Å². The first kappa shape index (κ1) is 37.2. The van der Waals surface area contributed by atoms with Gasteiger partial charge in [-0.05, 0) is 124 Å². The second-order valence-corrected chi connectivity index (χ2v) is 17.9. The highest BCUT2D eigenvalue weighted by Crippen LogP contribution is 2.76. The van der Waals surface area contributed by atoms with Crippen LogP contribution in [0, 0.1) is 45.3 Å². The van der Waals surface area contributed by atoms with Crippen LogP contribution in [0.4, 0.5) is 0 Å². The van der Waals surface area contributed by atoms with Crippen LogP contribution < -0.4 is 0 Å². The minimum Gasteiger partial charge on any atom is -0.463 e. The smallest absolute Gasteiger partial charge is 0.302 e. The van der Waals surface area contributed by atoms with E-state index >= 15 is 0 Å². The SMILES string of the molecule is CC(=O)OC[C@H]1O[C@@H](O[C@@H]2CC[C@@]3(C)C(CC[C@]4(C)C3C[C@H](O)[C@H]3[C@@H]([C@@](C)(O)CCC=C(C)C)CC[C@@]34C)C2(C)C)[C@H](O)[C@@H](O)[C@@H]1O. The summed E-state index contributed by atoms with van der Waals surface area (Å²) in [4.78, 5) is 11.4. The predicted octanol–water partition coefficient (Wildman–Crippen LogP) is 4.90. The van der Waals surface area contributed by atoms with Gasteiger partial charge in [-0.25, -0.2) is 0 Å². The molecule has 0 amide bonds. The topological polar surface area (TPSA) is 146 Å². The average molecular weight is 665 g/mol. The van der Waals surface area contributed by atoms with Crippen LogP contribution in [0.3, 0.4) is 0 Å². The largest absolute Gasteiger partial charge is 0.463 e. The predicted molar refractivity (Wildman–Crippen MR) is 178 cm³/mol. The molecule has 15 atom stereocenters. The normalized spacial score (nSPS) is 48.8. The Bertz CT molecular complexity index is 1180. The fraction of sp³-hybridized carbons (Fsp3) is 0.921. The molecular formula is C38H64O9. The standard InChI is InChI=1S/C38H64O9/c1-21(2)11-10-15-38(9,44)23-12-17-37(8)29(23)24(40)19-27-35(6)16-14-28(34(4,5)26(35)13-18-36(27,37)7)47-33-32(43)31(42)30(41)25(46-33)20-45-22(3)39/h11,23-33,40-44H,10,12-20H2,1-9H3/t23-,24-,25+,26?,27?,28+,29+,30+,31-,32+,33-,35-,36+,37-,38-/m0/s1. The van der Waals surface area contributed by atoms with Crippen LogP contribution in [-0.4, -0.2) is 86.6 Å². The van der Waals surface area contributed by atoms with Gasteiger partial charge in [0.05, 0.1) is 17.8 Å². The summed E-state index contributed by atoms with van der Waals surface area (Å²) >= 11 is 0. The number of esters is 1. The fourth-order valence-electron chi connectivity index (χ4n) is 12.0. The van der Waals surface area contributed by atoms with Crippen molar-refractivity contribution < 1.29 is 44.5 Å². The van der Waals surface area contributed by atoms with Crippen molar-refractivity contribution in [1.29, 1.82) is 0 Å². The van der Waals surface area contributed by atoms with E-state index in [4.69, 9.17) is 14.2 Å². The number of rotatable bonds is 8. The molecule has 9 nitrogen and oxygen atoms in total. The lowest BCUT2D eigenvalue weighted by molar-refractivity contribution is -0.332. The Morgan fingerprint density at radius 3 is 2.19 bits per heavy atom. The molecule has 5 rings (SSSR count). The molecule has 4 aliphatic carbocycles. The minimum atomic E-state index is -1.50. The van der Waals surface area contributed by atoms with Crippen molar-refractivity contribution in [1.82, 2.24) is 0 Å². The molecule has 0 radical (unpaired) electrons. The van der Waals surface area contributed by atoms with E-state index in [1.807, 2.05) is 6.92 Å². The highest BCUT2D eigenvalue weighted by Gasteiger charge is 2.71. The summed E-state index contributed by atoms with van der Waals surface area (Å²) < 4.78 is 17.5. The van der Waals surface area contributed by atoms with Gasteiger partial charge in [-0.15, -0.1) is 0 Å². The van der Waals surface area contributed by atoms with Crippen molar-refractivity contribution in [3.8, 4) is 0 Å². The Labute approximate surface area is 282 Å². The van der Waals surface area contributed by atoms with Crippen LogP contribution in [0.15, 0.2) is 11.6 Å². The molecule has 5 fully saturated rings. The number of allylic oxidation sites excluding steroid dienone is 2. The number of aliphatic hydroxyl groups excluding tert-OH is 4. The zero-order chi connectivity index (χ0) is 34.9. The van der Waals surface area contributed by atoms with Crippen molar-refractivity contribution in [2.45, 2.75) is 169 Å². The van der Waals surface area contributed by atoms with Crippen LogP contribution in [-0.2, 0) is 19.0 Å². The van der Waals surface area contributed by atoms with Gasteiger partial charge >= 0.3 is 5.97 Å². The Morgan fingerprint density at radius 1 is 0.894 bits per heavy atom. The van der Waals surface area contributed by atoms with E-state index in [0.717, 1.165) is 51.4 Å². The molecule has 0 aromatic carbocycles. The molecule has 270 valence electrons. The van der Waals surface area contributed by atoms with Crippen LogP contribution in [0.1, 0.15) is 120 Å². The molecule has 0 bridgehead atoms. The van der Waals surface area contributed by atoms with Crippen molar-refractivity contribution in [3.05, 3.63) is 11.6 Å². The number of ether oxygens (including phenoxy) is 3. The molecule has 1 aliphatic heterocycles. The van der Waals surface area contributed by atoms with E-state index in [9.17, 15) is 30.3 Å². The van der Waals surface area contributed by atoms with E-state index in [-0.39, 0.29) is 52.1 Å². The number of aliphatic hydroxyl groups is 5. The summed E-state index contributed by atoms with van der Waals surface area (Å²) in [6.45, 7) is 19.0. The van der Waals surface area contributed by atoms with Crippen LogP contribution >= 0.6 is 0 Å². The van der Waals surface area contributed by atoms with E-state index in [0.29, 0.717) is 12.3 Å². The van der Waals surface area contributed by atoms with Crippen LogP contribution in [0.2, 0.25) is 0 Å². The summed E-state index contributed by atoms with van der Waals surface area (Å²) in [5.74, 6) is 0.196. The highest BCUT2D eigenvalue weighted by atomic mass is 16.7. The zero-order valence-electron chi connectivity index (χ0n) is 30.4. The third-order valence-corrected chi connectivity index (χ3v) is 14.7. The van der Waals surface area contributed by atoms with E-state index < -0.39 is 48.4 Å². The molecule has 0 aromatic rings. The summed E-state index contributed by atoms with van der Waals surface area (Å²) in [6.07, 6.45) is 2.82. The van der Waals surface area contributed by atoms with Crippen LogP contribution in [0.25, 0.3) is 0 Å². The van der Waals surface area contributed by atoms with Gasteiger partial charge in [0.2, 0.25) is 0 Å². The first-order valence-corrected chi connectivity index (χ1v) is 18.2. The van der Waals surface area contributed by atoms with Crippen molar-refractivity contribution >= 4 is 5.97 Å². The molecule has 47 heavy (non-hydrogen) atoms. The Kier molecular flexibility index (Phi) is 10.2. The molecule has 4 saturated carbocycles. The summed E-state index contributed by atoms with van der Waals surface area (Å²) in [7, 11) is 0. The maximum Gasteiger partial charge on any atom is 0.302 e. The lowest BCUT2D eigenvalue weighted by Crippen LogP contribution is -2.67. The second-order valence-electron chi connectivity index (χ2n) is 17.9. The van der Waals surface area contributed by atoms with Crippen molar-refractivity contribution in [3.63, 3.8) is 0 Å². The first-order valence-electron chi connectivity index (χ1n) is 18.2. The summed E-state index contributed by atoms with van der Waals surface area (Å²) in [6, 6.07) is 0. The van der Waals surface area contributed by atoms with Gasteiger partial charge in [0, 0.05) is 6.92 Å². The average Bonchev–Trinajstić information content (AvgIpc) is 3.35. The molecule has 0 spiro atoms. The number of hydrogen-bond donors (Lipinski definition) is 5. The molecule has 1 saturated heterocycles. The Morgan fingerprint density at radius 2 is 1.55 bits per heavy atom. The quantitative estimate of drug-likeness (QED) is 0.139. The monoisotopic (exact) mass is 664 g/mol. The molecular weight excluding hydrogens is 600 g/mol. The maximum atomic E-state index is 12.1. The first-order chi connectivity index (χ1) is 21.7. The van der Waals surface area contributed by atoms with Gasteiger partial charge in [-0.3, -0.25) is 4.79 Å². The molecule has 5 N–H and O–H groups in total. The Balaban J connectivity index is 1.35. The molecule has 9 heteroatoms. The molecule has 5 aliphatic rings. The molecule has 2 unspecified atom stereocenters. The number of hydrogen-bond acceptors (Lipinski definition) is 9. The van der Waals surface area contributed by atoms with Crippen molar-refractivity contribution in [2.75, 3.05) is 6.61 Å². The summed E-state index contributed by atoms with van der Waals surface area (Å²) in [5, 5.41) is 55.8. The number of carbonyl (C=O) groups excluding carboxylic acids is 1. The third kappa shape index (κ3) is 6.16. The van der Waals surface area contributed by atoms with Gasteiger partial charge in [-0.2, -0.15) is 0 Å². The van der Waals surface area contributed by atoms with Gasteiger partial charge in [-0.1, -0.05) is 46.3 Å². The minimum absolute atomic E-state index is 0.0174. The molecule has 0 aromatic heterocycles. The van der Waals surface area contributed by atoms with Gasteiger partial charge < -0.3 is 39.7 Å². The lowest BCUT2D eigenvalue weighted by Gasteiger charge is -2.70. The third-order valence-electron chi connectivity index (χ3n) is 14.7.